The number of nitrogens with zero attached hydrogens (tertiary/aromatic N) is 2. The van der Waals surface area contributed by atoms with Gasteiger partial charge in [-0.25, -0.2) is 0 Å². The van der Waals surface area contributed by atoms with Gasteiger partial charge >= 0.3 is 0 Å². The first-order chi connectivity index (χ1) is 14.3. The molecule has 1 unspecified atom stereocenters. The van der Waals surface area contributed by atoms with Gasteiger partial charge in [-0.15, -0.1) is 0 Å². The molecule has 29 heavy (non-hydrogen) atoms. The minimum absolute atomic E-state index is 0.00992. The number of nitrogens with one attached hydrogen (secondary N) is 1. The van der Waals surface area contributed by atoms with Crippen molar-refractivity contribution in [2.24, 2.45) is 0 Å². The molecule has 3 aromatic rings. The normalized spacial score (nSPS) is 16.9. The Morgan fingerprint density at radius 1 is 1.03 bits per heavy atom. The van der Waals surface area contributed by atoms with E-state index in [1.54, 1.807) is 6.20 Å². The van der Waals surface area contributed by atoms with Crippen LogP contribution in [0.2, 0.25) is 0 Å². The predicted molar refractivity (Wildman–Crippen MR) is 115 cm³/mol. The van der Waals surface area contributed by atoms with E-state index in [9.17, 15) is 4.79 Å². The molecule has 0 radical (unpaired) electrons. The second-order valence-electron chi connectivity index (χ2n) is 7.48. The van der Waals surface area contributed by atoms with Crippen LogP contribution in [0.4, 0.5) is 0 Å². The van der Waals surface area contributed by atoms with Gasteiger partial charge in [0.25, 0.3) is 5.91 Å². The average molecular weight is 389 g/mol. The number of benzene rings is 2. The first kappa shape index (κ1) is 19.4. The van der Waals surface area contributed by atoms with Crippen molar-refractivity contribution in [3.8, 4) is 5.75 Å². The molecule has 1 amide bonds. The Labute approximate surface area is 171 Å². The first-order valence-corrected chi connectivity index (χ1v) is 10.3. The van der Waals surface area contributed by atoms with E-state index >= 15 is 0 Å². The van der Waals surface area contributed by atoms with Gasteiger partial charge in [0.15, 0.2) is 6.61 Å². The van der Waals surface area contributed by atoms with Crippen molar-refractivity contribution < 1.29 is 9.53 Å². The van der Waals surface area contributed by atoms with E-state index in [4.69, 9.17) is 4.74 Å². The highest BCUT2D eigenvalue weighted by atomic mass is 16.5. The number of ether oxygens (including phenoxy) is 1. The molecule has 1 atom stereocenters. The molecule has 1 fully saturated rings. The van der Waals surface area contributed by atoms with E-state index in [2.05, 4.69) is 22.4 Å². The largest absolute Gasteiger partial charge is 0.484 e. The van der Waals surface area contributed by atoms with Crippen molar-refractivity contribution in [1.82, 2.24) is 15.2 Å². The molecule has 5 heteroatoms. The SMILES string of the molecule is O=C(COc1ccc2ccccc2c1)N(Cc1ccccn1)C1CCCNCC1. The van der Waals surface area contributed by atoms with Crippen LogP contribution in [0.15, 0.2) is 66.9 Å². The van der Waals surface area contributed by atoms with Gasteiger partial charge in [-0.1, -0.05) is 36.4 Å². The third kappa shape index (κ3) is 5.12. The van der Waals surface area contributed by atoms with Crippen molar-refractivity contribution >= 4 is 16.7 Å². The second-order valence-corrected chi connectivity index (χ2v) is 7.48. The number of carbonyl (C=O) groups excluding carboxylic acids is 1. The summed E-state index contributed by atoms with van der Waals surface area (Å²) < 4.78 is 5.89. The van der Waals surface area contributed by atoms with Crippen LogP contribution in [-0.4, -0.2) is 41.5 Å². The van der Waals surface area contributed by atoms with Gasteiger partial charge in [0.05, 0.1) is 12.2 Å². The summed E-state index contributed by atoms with van der Waals surface area (Å²) in [5, 5.41) is 5.69. The first-order valence-electron chi connectivity index (χ1n) is 10.3. The molecule has 150 valence electrons. The molecular weight excluding hydrogens is 362 g/mol. The molecule has 2 aromatic carbocycles. The Kier molecular flexibility index (Phi) is 6.37. The average Bonchev–Trinajstić information content (AvgIpc) is 3.06. The summed E-state index contributed by atoms with van der Waals surface area (Å²) in [7, 11) is 0. The molecule has 1 aliphatic rings. The van der Waals surface area contributed by atoms with Crippen LogP contribution in [0.25, 0.3) is 10.8 Å². The zero-order chi connectivity index (χ0) is 19.9. The molecular formula is C24H27N3O2. The molecule has 2 heterocycles. The van der Waals surface area contributed by atoms with E-state index in [0.29, 0.717) is 6.54 Å². The Bertz CT molecular complexity index is 937. The van der Waals surface area contributed by atoms with Gasteiger partial charge in [-0.2, -0.15) is 0 Å². The van der Waals surface area contributed by atoms with Gasteiger partial charge in [0, 0.05) is 12.2 Å². The van der Waals surface area contributed by atoms with E-state index in [0.717, 1.165) is 54.6 Å². The zero-order valence-corrected chi connectivity index (χ0v) is 16.6. The van der Waals surface area contributed by atoms with Crippen molar-refractivity contribution in [2.45, 2.75) is 31.8 Å². The lowest BCUT2D eigenvalue weighted by Crippen LogP contribution is -2.43. The fraction of sp³-hybridized carbons (Fsp3) is 0.333. The van der Waals surface area contributed by atoms with Gasteiger partial charge < -0.3 is 15.0 Å². The molecule has 0 spiro atoms. The van der Waals surface area contributed by atoms with Crippen LogP contribution in [0.3, 0.4) is 0 Å². The lowest BCUT2D eigenvalue weighted by atomic mass is 10.1. The van der Waals surface area contributed by atoms with Crippen molar-refractivity contribution in [3.63, 3.8) is 0 Å². The monoisotopic (exact) mass is 389 g/mol. The fourth-order valence-electron chi connectivity index (χ4n) is 3.88. The highest BCUT2D eigenvalue weighted by Gasteiger charge is 2.25. The van der Waals surface area contributed by atoms with Crippen LogP contribution >= 0.6 is 0 Å². The summed E-state index contributed by atoms with van der Waals surface area (Å²) in [6.45, 7) is 2.50. The minimum atomic E-state index is 0.00992. The smallest absolute Gasteiger partial charge is 0.261 e. The third-order valence-corrected chi connectivity index (χ3v) is 5.45. The van der Waals surface area contributed by atoms with Gasteiger partial charge in [0.1, 0.15) is 5.75 Å². The van der Waals surface area contributed by atoms with Crippen molar-refractivity contribution in [3.05, 3.63) is 72.6 Å². The van der Waals surface area contributed by atoms with Crippen molar-refractivity contribution in [1.29, 1.82) is 0 Å². The van der Waals surface area contributed by atoms with Gasteiger partial charge in [-0.3, -0.25) is 9.78 Å². The Balaban J connectivity index is 1.47. The maximum atomic E-state index is 13.1. The highest BCUT2D eigenvalue weighted by Crippen LogP contribution is 2.21. The molecule has 1 N–H and O–H groups in total. The number of hydrogen-bond acceptors (Lipinski definition) is 4. The minimum Gasteiger partial charge on any atom is -0.484 e. The summed E-state index contributed by atoms with van der Waals surface area (Å²) in [5.41, 5.74) is 0.906. The second kappa shape index (κ2) is 9.52. The van der Waals surface area contributed by atoms with Crippen LogP contribution in [-0.2, 0) is 11.3 Å². The number of pyridine rings is 1. The Hall–Kier alpha value is -2.92. The summed E-state index contributed by atoms with van der Waals surface area (Å²) >= 11 is 0. The van der Waals surface area contributed by atoms with E-state index in [1.807, 2.05) is 53.4 Å². The van der Waals surface area contributed by atoms with Crippen LogP contribution in [0.5, 0.6) is 5.75 Å². The van der Waals surface area contributed by atoms with Crippen molar-refractivity contribution in [2.75, 3.05) is 19.7 Å². The Morgan fingerprint density at radius 3 is 2.76 bits per heavy atom. The number of amides is 1. The topological polar surface area (TPSA) is 54.5 Å². The molecule has 0 saturated carbocycles. The quantitative estimate of drug-likeness (QED) is 0.697. The van der Waals surface area contributed by atoms with Gasteiger partial charge in [0.2, 0.25) is 0 Å². The standard InChI is InChI=1S/C24H27N3O2/c28-24(18-29-23-11-10-19-6-1-2-7-20(19)16-23)27(17-21-8-3-4-14-26-21)22-9-5-13-25-15-12-22/h1-4,6-8,10-11,14,16,22,25H,5,9,12-13,15,17-18H2. The van der Waals surface area contributed by atoms with Crippen LogP contribution < -0.4 is 10.1 Å². The number of hydrogen-bond donors (Lipinski definition) is 1. The van der Waals surface area contributed by atoms with E-state index in [1.165, 1.54) is 0 Å². The van der Waals surface area contributed by atoms with Gasteiger partial charge in [-0.05, 0) is 67.4 Å². The van der Waals surface area contributed by atoms with E-state index in [-0.39, 0.29) is 18.6 Å². The Morgan fingerprint density at radius 2 is 1.90 bits per heavy atom. The maximum absolute atomic E-state index is 13.1. The predicted octanol–water partition coefficient (Wildman–Crippen LogP) is 3.78. The molecule has 0 aliphatic carbocycles. The summed E-state index contributed by atoms with van der Waals surface area (Å²) in [6.07, 6.45) is 4.80. The number of aromatic nitrogens is 1. The number of fused-ring (bicyclic) bond motifs is 1. The maximum Gasteiger partial charge on any atom is 0.261 e. The number of carbonyl (C=O) groups is 1. The summed E-state index contributed by atoms with van der Waals surface area (Å²) in [4.78, 5) is 19.5. The lowest BCUT2D eigenvalue weighted by Gasteiger charge is -2.31. The number of rotatable bonds is 6. The van der Waals surface area contributed by atoms with Crippen LogP contribution in [0.1, 0.15) is 25.0 Å². The zero-order valence-electron chi connectivity index (χ0n) is 16.6. The molecule has 5 nitrogen and oxygen atoms in total. The van der Waals surface area contributed by atoms with Crippen LogP contribution in [0, 0.1) is 0 Å². The molecule has 1 saturated heterocycles. The molecule has 0 bridgehead atoms. The molecule has 4 rings (SSSR count). The molecule has 1 aliphatic heterocycles. The fourth-order valence-corrected chi connectivity index (χ4v) is 3.88. The molecule has 1 aromatic heterocycles. The summed E-state index contributed by atoms with van der Waals surface area (Å²) in [6, 6.07) is 20.1. The summed E-state index contributed by atoms with van der Waals surface area (Å²) in [5.74, 6) is 0.730. The lowest BCUT2D eigenvalue weighted by molar-refractivity contribution is -0.136. The highest BCUT2D eigenvalue weighted by molar-refractivity contribution is 5.84. The third-order valence-electron chi connectivity index (χ3n) is 5.45. The van der Waals surface area contributed by atoms with E-state index < -0.39 is 0 Å².